The van der Waals surface area contributed by atoms with Crippen molar-refractivity contribution in [2.75, 3.05) is 32.5 Å². The number of morpholine rings is 1. The molecule has 2 N–H and O–H groups in total. The van der Waals surface area contributed by atoms with Crippen molar-refractivity contribution in [3.8, 4) is 11.5 Å². The number of anilines is 1. The van der Waals surface area contributed by atoms with Crippen molar-refractivity contribution in [1.29, 1.82) is 0 Å². The highest BCUT2D eigenvalue weighted by molar-refractivity contribution is 9.10. The number of nitrogens with two attached hydrogens (primary N) is 1. The standard InChI is InChI=1S/C13H15BrN4O2/c1-18-4-5-19-11(7-18)12-16-13(20-17-12)9-6-8(15)2-3-10(9)14/h2-3,6,11H,4-5,7,15H2,1H3. The second kappa shape index (κ2) is 5.51. The Bertz CT molecular complexity index is 616. The van der Waals surface area contributed by atoms with Crippen LogP contribution in [0.2, 0.25) is 0 Å². The molecule has 3 rings (SSSR count). The first-order valence-corrected chi connectivity index (χ1v) is 7.12. The minimum atomic E-state index is -0.147. The van der Waals surface area contributed by atoms with Crippen LogP contribution < -0.4 is 5.73 Å². The summed E-state index contributed by atoms with van der Waals surface area (Å²) in [6, 6.07) is 5.47. The van der Waals surface area contributed by atoms with Gasteiger partial charge in [-0.15, -0.1) is 0 Å². The van der Waals surface area contributed by atoms with E-state index in [0.717, 1.165) is 23.1 Å². The van der Waals surface area contributed by atoms with E-state index in [-0.39, 0.29) is 6.10 Å². The van der Waals surface area contributed by atoms with Gasteiger partial charge < -0.3 is 19.9 Å². The predicted octanol–water partition coefficient (Wildman–Crippen LogP) is 2.08. The molecule has 0 bridgehead atoms. The summed E-state index contributed by atoms with van der Waals surface area (Å²) in [4.78, 5) is 6.61. The molecule has 20 heavy (non-hydrogen) atoms. The first-order valence-electron chi connectivity index (χ1n) is 6.32. The summed E-state index contributed by atoms with van der Waals surface area (Å²) >= 11 is 3.46. The number of aromatic nitrogens is 2. The van der Waals surface area contributed by atoms with Crippen LogP contribution >= 0.6 is 15.9 Å². The fraction of sp³-hybridized carbons (Fsp3) is 0.385. The van der Waals surface area contributed by atoms with Gasteiger partial charge in [-0.2, -0.15) is 4.98 Å². The first-order chi connectivity index (χ1) is 9.63. The van der Waals surface area contributed by atoms with Crippen LogP contribution in [-0.2, 0) is 4.74 Å². The molecular formula is C13H15BrN4O2. The van der Waals surface area contributed by atoms with Gasteiger partial charge in [0.05, 0.1) is 12.2 Å². The summed E-state index contributed by atoms with van der Waals surface area (Å²) in [6.45, 7) is 2.35. The van der Waals surface area contributed by atoms with Gasteiger partial charge in [0.1, 0.15) is 6.10 Å². The van der Waals surface area contributed by atoms with Crippen LogP contribution in [0.4, 0.5) is 5.69 Å². The number of ether oxygens (including phenoxy) is 1. The Hall–Kier alpha value is -1.44. The lowest BCUT2D eigenvalue weighted by Gasteiger charge is -2.27. The minimum Gasteiger partial charge on any atom is -0.399 e. The molecule has 0 aliphatic carbocycles. The summed E-state index contributed by atoms with van der Waals surface area (Å²) in [7, 11) is 2.05. The Labute approximate surface area is 125 Å². The molecule has 1 saturated heterocycles. The van der Waals surface area contributed by atoms with E-state index in [9.17, 15) is 0 Å². The van der Waals surface area contributed by atoms with E-state index >= 15 is 0 Å². The molecule has 1 atom stereocenters. The summed E-state index contributed by atoms with van der Waals surface area (Å²) in [5.74, 6) is 1.01. The van der Waals surface area contributed by atoms with Gasteiger partial charge in [0.15, 0.2) is 0 Å². The maximum Gasteiger partial charge on any atom is 0.259 e. The Morgan fingerprint density at radius 2 is 2.30 bits per heavy atom. The smallest absolute Gasteiger partial charge is 0.259 e. The SMILES string of the molecule is CN1CCOC(c2noc(-c3cc(N)ccc3Br)n2)C1. The fourth-order valence-corrected chi connectivity index (χ4v) is 2.53. The van der Waals surface area contributed by atoms with Crippen LogP contribution in [0.15, 0.2) is 27.2 Å². The van der Waals surface area contributed by atoms with E-state index in [1.807, 2.05) is 19.2 Å². The molecule has 0 radical (unpaired) electrons. The quantitative estimate of drug-likeness (QED) is 0.844. The Kier molecular flexibility index (Phi) is 3.73. The van der Waals surface area contributed by atoms with E-state index in [1.165, 1.54) is 0 Å². The number of benzene rings is 1. The van der Waals surface area contributed by atoms with Crippen LogP contribution in [0.1, 0.15) is 11.9 Å². The Morgan fingerprint density at radius 1 is 1.45 bits per heavy atom. The molecule has 1 fully saturated rings. The van der Waals surface area contributed by atoms with Gasteiger partial charge in [-0.05, 0) is 41.2 Å². The second-order valence-corrected chi connectivity index (χ2v) is 5.67. The van der Waals surface area contributed by atoms with Crippen molar-refractivity contribution >= 4 is 21.6 Å². The van der Waals surface area contributed by atoms with Gasteiger partial charge in [0.2, 0.25) is 5.82 Å². The molecule has 1 aromatic heterocycles. The number of hydrogen-bond donors (Lipinski definition) is 1. The molecular weight excluding hydrogens is 324 g/mol. The van der Waals surface area contributed by atoms with E-state index in [2.05, 4.69) is 31.0 Å². The molecule has 1 aromatic carbocycles. The molecule has 1 aliphatic rings. The first kappa shape index (κ1) is 13.5. The van der Waals surface area contributed by atoms with Crippen molar-refractivity contribution in [1.82, 2.24) is 15.0 Å². The lowest BCUT2D eigenvalue weighted by Crippen LogP contribution is -2.35. The lowest BCUT2D eigenvalue weighted by atomic mass is 10.2. The predicted molar refractivity (Wildman–Crippen MR) is 78.0 cm³/mol. The molecule has 0 saturated carbocycles. The monoisotopic (exact) mass is 338 g/mol. The van der Waals surface area contributed by atoms with Gasteiger partial charge in [-0.3, -0.25) is 0 Å². The third-order valence-electron chi connectivity index (χ3n) is 3.22. The molecule has 2 heterocycles. The van der Waals surface area contributed by atoms with E-state index in [1.54, 1.807) is 6.07 Å². The third-order valence-corrected chi connectivity index (χ3v) is 3.91. The highest BCUT2D eigenvalue weighted by atomic mass is 79.9. The highest BCUT2D eigenvalue weighted by Crippen LogP contribution is 2.30. The topological polar surface area (TPSA) is 77.4 Å². The molecule has 0 amide bonds. The van der Waals surface area contributed by atoms with E-state index in [0.29, 0.717) is 24.0 Å². The molecule has 6 nitrogen and oxygen atoms in total. The van der Waals surface area contributed by atoms with Gasteiger partial charge in [-0.25, -0.2) is 0 Å². The van der Waals surface area contributed by atoms with Gasteiger partial charge >= 0.3 is 0 Å². The zero-order valence-corrected chi connectivity index (χ0v) is 12.6. The molecule has 1 unspecified atom stereocenters. The highest BCUT2D eigenvalue weighted by Gasteiger charge is 2.25. The van der Waals surface area contributed by atoms with Crippen LogP contribution in [0.25, 0.3) is 11.5 Å². The summed E-state index contributed by atoms with van der Waals surface area (Å²) < 4.78 is 11.9. The van der Waals surface area contributed by atoms with Crippen molar-refractivity contribution in [3.05, 3.63) is 28.5 Å². The lowest BCUT2D eigenvalue weighted by molar-refractivity contribution is -0.0264. The van der Waals surface area contributed by atoms with E-state index in [4.69, 9.17) is 15.0 Å². The zero-order valence-electron chi connectivity index (χ0n) is 11.0. The van der Waals surface area contributed by atoms with Crippen molar-refractivity contribution in [2.24, 2.45) is 0 Å². The number of rotatable bonds is 2. The minimum absolute atomic E-state index is 0.147. The largest absolute Gasteiger partial charge is 0.399 e. The molecule has 0 spiro atoms. The molecule has 2 aromatic rings. The maximum atomic E-state index is 5.79. The third kappa shape index (κ3) is 2.70. The van der Waals surface area contributed by atoms with E-state index < -0.39 is 0 Å². The van der Waals surface area contributed by atoms with Crippen molar-refractivity contribution < 1.29 is 9.26 Å². The van der Waals surface area contributed by atoms with Gasteiger partial charge in [0, 0.05) is 23.2 Å². The number of likely N-dealkylation sites (N-methyl/N-ethyl adjacent to an activating group) is 1. The van der Waals surface area contributed by atoms with Crippen molar-refractivity contribution in [2.45, 2.75) is 6.10 Å². The number of nitrogens with zero attached hydrogens (tertiary/aromatic N) is 3. The molecule has 1 aliphatic heterocycles. The van der Waals surface area contributed by atoms with Gasteiger partial charge in [0.25, 0.3) is 5.89 Å². The molecule has 106 valence electrons. The van der Waals surface area contributed by atoms with Crippen molar-refractivity contribution in [3.63, 3.8) is 0 Å². The normalized spacial score (nSPS) is 20.2. The fourth-order valence-electron chi connectivity index (χ4n) is 2.12. The molecule has 7 heteroatoms. The van der Waals surface area contributed by atoms with Crippen LogP contribution in [0.5, 0.6) is 0 Å². The summed E-state index contributed by atoms with van der Waals surface area (Å²) in [5, 5.41) is 4.02. The Balaban J connectivity index is 1.88. The zero-order chi connectivity index (χ0) is 14.1. The van der Waals surface area contributed by atoms with Gasteiger partial charge in [-0.1, -0.05) is 5.16 Å². The maximum absolute atomic E-state index is 5.79. The average Bonchev–Trinajstić information content (AvgIpc) is 2.91. The average molecular weight is 339 g/mol. The number of nitrogen functional groups attached to an aromatic ring is 1. The van der Waals surface area contributed by atoms with Crippen LogP contribution in [0.3, 0.4) is 0 Å². The number of halogens is 1. The van der Waals surface area contributed by atoms with Crippen LogP contribution in [0, 0.1) is 0 Å². The Morgan fingerprint density at radius 3 is 3.10 bits per heavy atom. The second-order valence-electron chi connectivity index (χ2n) is 4.82. The van der Waals surface area contributed by atoms with Crippen LogP contribution in [-0.4, -0.2) is 41.8 Å². The summed E-state index contributed by atoms with van der Waals surface area (Å²) in [5.41, 5.74) is 7.23. The summed E-state index contributed by atoms with van der Waals surface area (Å²) in [6.07, 6.45) is -0.147. The number of hydrogen-bond acceptors (Lipinski definition) is 6.